The molecule has 3 amide bonds. The zero-order valence-electron chi connectivity index (χ0n) is 50.0. The first kappa shape index (κ1) is 66.5. The number of esters is 2. The van der Waals surface area contributed by atoms with E-state index < -0.39 is 71.1 Å². The molecule has 2 aliphatic rings. The number of carbonyl (C=O) groups is 6. The molecule has 0 aromatic heterocycles. The standard InChI is InChI=1S/C26H33NO5.C21H25NO5.C19H27NO5/c1-26(2,3)32-25(29)27-23(24(28)31-22-11-7-8-12-22)17-19-13-15-21(16-14-19)30-18-20-9-5-4-6-10-20;1-21(2,3)27-20(25)22-18(19(23)24)13-15-9-11-17(12-10-15)26-14-16-7-5-4-6-8-16;1-19(2,3)25-18(23)20-16(12-13-8-10-14(21)11-9-13)17(22)24-15-6-4-5-7-15/h4-6,9-10,13-16,22-23H,7-8,11-12,17-18H2,1-3H3,(H,27,29);4-12,18H,13-14H2,1-3H3,(H,22,25)(H,23,24);8-11,15-16,21H,4-7,12H2,1-3H3,(H,20,23)/t23-;18-;16-/m000/s1. The number of hydrogen-bond acceptors (Lipinski definition) is 14. The summed E-state index contributed by atoms with van der Waals surface area (Å²) in [7, 11) is 0. The first-order chi connectivity index (χ1) is 39.7. The summed E-state index contributed by atoms with van der Waals surface area (Å²) in [4.78, 5) is 73.0. The van der Waals surface area contributed by atoms with Crippen molar-refractivity contribution in [2.75, 3.05) is 0 Å². The van der Waals surface area contributed by atoms with Crippen LogP contribution in [0.5, 0.6) is 17.2 Å². The van der Waals surface area contributed by atoms with Crippen LogP contribution in [0.15, 0.2) is 133 Å². The van der Waals surface area contributed by atoms with E-state index in [0.29, 0.717) is 25.4 Å². The van der Waals surface area contributed by atoms with Gasteiger partial charge in [-0.1, -0.05) is 97.1 Å². The van der Waals surface area contributed by atoms with Gasteiger partial charge < -0.3 is 59.3 Å². The van der Waals surface area contributed by atoms with Crippen LogP contribution < -0.4 is 25.4 Å². The molecule has 5 N–H and O–H groups in total. The van der Waals surface area contributed by atoms with Gasteiger partial charge in [-0.05, 0) is 178 Å². The third-order valence-corrected chi connectivity index (χ3v) is 12.7. The quantitative estimate of drug-likeness (QED) is 0.0359. The molecule has 454 valence electrons. The number of ether oxygens (including phenoxy) is 7. The van der Waals surface area contributed by atoms with Gasteiger partial charge in [0.15, 0.2) is 0 Å². The van der Waals surface area contributed by atoms with E-state index >= 15 is 0 Å². The first-order valence-electron chi connectivity index (χ1n) is 28.7. The second-order valence-electron chi connectivity index (χ2n) is 23.7. The molecule has 2 saturated carbocycles. The fraction of sp³-hybridized carbons (Fsp3) is 0.455. The molecule has 0 spiro atoms. The predicted molar refractivity (Wildman–Crippen MR) is 317 cm³/mol. The summed E-state index contributed by atoms with van der Waals surface area (Å²) < 4.78 is 38.4. The molecule has 0 bridgehead atoms. The van der Waals surface area contributed by atoms with Crippen molar-refractivity contribution < 1.29 is 72.1 Å². The summed E-state index contributed by atoms with van der Waals surface area (Å²) in [5.41, 5.74) is 2.63. The third kappa shape index (κ3) is 26.8. The summed E-state index contributed by atoms with van der Waals surface area (Å²) in [5, 5.41) is 26.4. The summed E-state index contributed by atoms with van der Waals surface area (Å²) in [5.74, 6) is -0.422. The monoisotopic (exact) mass is 1160 g/mol. The van der Waals surface area contributed by atoms with E-state index in [1.807, 2.05) is 84.9 Å². The van der Waals surface area contributed by atoms with Crippen LogP contribution in [-0.2, 0) is 70.5 Å². The number of phenolic OH excluding ortho intramolecular Hbond substituents is 1. The van der Waals surface area contributed by atoms with Gasteiger partial charge in [0.25, 0.3) is 0 Å². The Morgan fingerprint density at radius 2 is 0.726 bits per heavy atom. The van der Waals surface area contributed by atoms with Gasteiger partial charge in [-0.3, -0.25) is 0 Å². The maximum absolute atomic E-state index is 12.8. The van der Waals surface area contributed by atoms with Gasteiger partial charge in [0.05, 0.1) is 0 Å². The summed E-state index contributed by atoms with van der Waals surface area (Å²) in [6.07, 6.45) is 6.26. The van der Waals surface area contributed by atoms with Crippen molar-refractivity contribution in [1.82, 2.24) is 16.0 Å². The third-order valence-electron chi connectivity index (χ3n) is 12.7. The highest BCUT2D eigenvalue weighted by Gasteiger charge is 2.31. The highest BCUT2D eigenvalue weighted by atomic mass is 16.6. The Morgan fingerprint density at radius 1 is 0.429 bits per heavy atom. The minimum absolute atomic E-state index is 0.0702. The molecule has 0 radical (unpaired) electrons. The van der Waals surface area contributed by atoms with E-state index in [-0.39, 0.29) is 30.8 Å². The molecule has 0 unspecified atom stereocenters. The van der Waals surface area contributed by atoms with Gasteiger partial charge >= 0.3 is 36.2 Å². The first-order valence-corrected chi connectivity index (χ1v) is 28.7. The molecule has 18 heteroatoms. The van der Waals surface area contributed by atoms with Crippen LogP contribution in [0.4, 0.5) is 14.4 Å². The maximum atomic E-state index is 12.8. The van der Waals surface area contributed by atoms with Crippen molar-refractivity contribution in [3.05, 3.63) is 161 Å². The Kier molecular flexibility index (Phi) is 25.8. The molecule has 0 heterocycles. The molecule has 7 rings (SSSR count). The molecule has 0 aliphatic heterocycles. The topological polar surface area (TPSA) is 244 Å². The summed E-state index contributed by atoms with van der Waals surface area (Å²) >= 11 is 0. The van der Waals surface area contributed by atoms with Crippen molar-refractivity contribution in [3.8, 4) is 17.2 Å². The lowest BCUT2D eigenvalue weighted by atomic mass is 10.1. The minimum atomic E-state index is -1.12. The lowest BCUT2D eigenvalue weighted by Crippen LogP contribution is -2.46. The minimum Gasteiger partial charge on any atom is -0.508 e. The highest BCUT2D eigenvalue weighted by molar-refractivity contribution is 5.83. The Morgan fingerprint density at radius 3 is 1.04 bits per heavy atom. The van der Waals surface area contributed by atoms with Crippen LogP contribution >= 0.6 is 0 Å². The van der Waals surface area contributed by atoms with Crippen LogP contribution in [0.1, 0.15) is 141 Å². The smallest absolute Gasteiger partial charge is 0.408 e. The lowest BCUT2D eigenvalue weighted by Gasteiger charge is -2.24. The van der Waals surface area contributed by atoms with Crippen molar-refractivity contribution >= 4 is 36.2 Å². The van der Waals surface area contributed by atoms with Gasteiger partial charge in [0, 0.05) is 19.3 Å². The normalized spacial score (nSPS) is 14.5. The lowest BCUT2D eigenvalue weighted by molar-refractivity contribution is -0.152. The Hall–Kier alpha value is -8.28. The second kappa shape index (κ2) is 32.5. The summed E-state index contributed by atoms with van der Waals surface area (Å²) in [6, 6.07) is 38.2. The van der Waals surface area contributed by atoms with E-state index in [9.17, 15) is 39.0 Å². The fourth-order valence-corrected chi connectivity index (χ4v) is 8.71. The Labute approximate surface area is 494 Å². The summed E-state index contributed by atoms with van der Waals surface area (Å²) in [6.45, 7) is 16.7. The molecule has 5 aromatic rings. The maximum Gasteiger partial charge on any atom is 0.408 e. The Bertz CT molecular complexity index is 2820. The molecule has 0 saturated heterocycles. The number of carboxylic acids is 1. The van der Waals surface area contributed by atoms with Crippen LogP contribution in [0.2, 0.25) is 0 Å². The predicted octanol–water partition coefficient (Wildman–Crippen LogP) is 12.3. The van der Waals surface area contributed by atoms with Crippen LogP contribution in [0.3, 0.4) is 0 Å². The van der Waals surface area contributed by atoms with Crippen LogP contribution in [0, 0.1) is 0 Å². The van der Waals surface area contributed by atoms with Gasteiger partial charge in [-0.15, -0.1) is 0 Å². The molecule has 5 aromatic carbocycles. The zero-order valence-corrected chi connectivity index (χ0v) is 50.0. The molecular weight excluding hydrogens is 1070 g/mol. The number of carbonyl (C=O) groups excluding carboxylic acids is 5. The second-order valence-corrected chi connectivity index (χ2v) is 23.7. The number of phenols is 1. The number of nitrogens with one attached hydrogen (secondary N) is 3. The highest BCUT2D eigenvalue weighted by Crippen LogP contribution is 2.25. The van der Waals surface area contributed by atoms with Gasteiger partial charge in [0.1, 0.15) is 77.6 Å². The number of alkyl carbamates (subject to hydrolysis) is 3. The van der Waals surface area contributed by atoms with Crippen molar-refractivity contribution in [3.63, 3.8) is 0 Å². The SMILES string of the molecule is CC(C)(C)OC(=O)N[C@@H](Cc1ccc(O)cc1)C(=O)OC1CCCC1.CC(C)(C)OC(=O)N[C@@H](Cc1ccc(OCc2ccccc2)cc1)C(=O)O.CC(C)(C)OC(=O)N[C@@H](Cc1ccc(OCc2ccccc2)cc1)C(=O)OC1CCCC1. The van der Waals surface area contributed by atoms with E-state index in [2.05, 4.69) is 16.0 Å². The average Bonchev–Trinajstić information content (AvgIpc) is 4.27. The van der Waals surface area contributed by atoms with Gasteiger partial charge in [-0.25, -0.2) is 28.8 Å². The fourth-order valence-electron chi connectivity index (χ4n) is 8.71. The molecule has 2 fully saturated rings. The molecule has 18 nitrogen and oxygen atoms in total. The molecule has 3 atom stereocenters. The number of aromatic hydroxyl groups is 1. The van der Waals surface area contributed by atoms with Gasteiger partial charge in [0.2, 0.25) is 0 Å². The average molecular weight is 1160 g/mol. The van der Waals surface area contributed by atoms with Crippen LogP contribution in [-0.4, -0.2) is 93.5 Å². The van der Waals surface area contributed by atoms with E-state index in [4.69, 9.17) is 33.2 Å². The number of amides is 3. The Balaban J connectivity index is 0.000000233. The molecule has 2 aliphatic carbocycles. The van der Waals surface area contributed by atoms with Crippen molar-refractivity contribution in [2.45, 2.75) is 193 Å². The van der Waals surface area contributed by atoms with Gasteiger partial charge in [-0.2, -0.15) is 0 Å². The van der Waals surface area contributed by atoms with Crippen molar-refractivity contribution in [1.29, 1.82) is 0 Å². The molecular formula is C66H85N3O15. The van der Waals surface area contributed by atoms with E-state index in [0.717, 1.165) is 84.9 Å². The zero-order chi connectivity index (χ0) is 61.3. The van der Waals surface area contributed by atoms with Crippen molar-refractivity contribution in [2.24, 2.45) is 0 Å². The number of carboxylic acid groups (broad SMARTS) is 1. The largest absolute Gasteiger partial charge is 0.508 e. The number of rotatable bonds is 20. The molecule has 84 heavy (non-hydrogen) atoms. The van der Waals surface area contributed by atoms with E-state index in [1.54, 1.807) is 111 Å². The van der Waals surface area contributed by atoms with E-state index in [1.165, 1.54) is 0 Å². The number of aliphatic carboxylic acids is 1. The number of hydrogen-bond donors (Lipinski definition) is 5. The number of benzene rings is 5. The van der Waals surface area contributed by atoms with Crippen LogP contribution in [0.25, 0.3) is 0 Å².